The number of anilines is 2. The summed E-state index contributed by atoms with van der Waals surface area (Å²) in [7, 11) is 0. The van der Waals surface area contributed by atoms with E-state index in [-0.39, 0.29) is 18.3 Å². The van der Waals surface area contributed by atoms with Crippen molar-refractivity contribution < 1.29 is 9.21 Å². The number of rotatable bonds is 7. The van der Waals surface area contributed by atoms with Crippen LogP contribution in [0.1, 0.15) is 21.8 Å². The first-order valence-corrected chi connectivity index (χ1v) is 11.1. The molecule has 7 nitrogen and oxygen atoms in total. The number of carbonyl (C=O) groups is 1. The Bertz CT molecular complexity index is 1300. The maximum Gasteiger partial charge on any atom is 0.241 e. The fourth-order valence-corrected chi connectivity index (χ4v) is 4.76. The zero-order valence-corrected chi connectivity index (χ0v) is 20.0. The highest BCUT2D eigenvalue weighted by molar-refractivity contribution is 7.19. The Hall–Kier alpha value is -3.09. The number of nitrogens with one attached hydrogen (secondary N) is 2. The fourth-order valence-electron chi connectivity index (χ4n) is 3.27. The molecule has 0 aliphatic heterocycles. The molecule has 1 atom stereocenters. The second-order valence-electron chi connectivity index (χ2n) is 7.24. The van der Waals surface area contributed by atoms with Gasteiger partial charge in [-0.15, -0.1) is 23.7 Å². The molecule has 0 spiro atoms. The molecule has 0 unspecified atom stereocenters. The number of furan rings is 1. The SMILES string of the molecule is Cc1c(C[C@@H](N)C(=O)Nc2ccc(C#N)cc2)sc2c(NCc3ccco3)cc(Cl)nc12.Cl. The van der Waals surface area contributed by atoms with E-state index in [4.69, 9.17) is 27.0 Å². The highest BCUT2D eigenvalue weighted by atomic mass is 35.5. The topological polar surface area (TPSA) is 117 Å². The summed E-state index contributed by atoms with van der Waals surface area (Å²) in [5, 5.41) is 15.4. The lowest BCUT2D eigenvalue weighted by Crippen LogP contribution is -2.37. The first kappa shape index (κ1) is 24.6. The predicted octanol–water partition coefficient (Wildman–Crippen LogP) is 5.27. The molecule has 4 rings (SSSR count). The minimum Gasteiger partial charge on any atom is -0.467 e. The van der Waals surface area contributed by atoms with E-state index >= 15 is 0 Å². The van der Waals surface area contributed by atoms with Crippen molar-refractivity contribution in [2.75, 3.05) is 10.6 Å². The second-order valence-corrected chi connectivity index (χ2v) is 8.73. The summed E-state index contributed by atoms with van der Waals surface area (Å²) >= 11 is 7.80. The summed E-state index contributed by atoms with van der Waals surface area (Å²) < 4.78 is 6.33. The first-order valence-electron chi connectivity index (χ1n) is 9.86. The van der Waals surface area contributed by atoms with Crippen LogP contribution in [-0.4, -0.2) is 16.9 Å². The number of nitriles is 1. The van der Waals surface area contributed by atoms with Gasteiger partial charge in [-0.2, -0.15) is 5.26 Å². The van der Waals surface area contributed by atoms with E-state index < -0.39 is 6.04 Å². The molecule has 33 heavy (non-hydrogen) atoms. The lowest BCUT2D eigenvalue weighted by molar-refractivity contribution is -0.117. The van der Waals surface area contributed by atoms with Crippen molar-refractivity contribution in [3.63, 3.8) is 0 Å². The van der Waals surface area contributed by atoms with Gasteiger partial charge in [0.25, 0.3) is 0 Å². The van der Waals surface area contributed by atoms with Crippen LogP contribution in [0.2, 0.25) is 5.15 Å². The van der Waals surface area contributed by atoms with Crippen molar-refractivity contribution in [3.05, 3.63) is 75.6 Å². The lowest BCUT2D eigenvalue weighted by atomic mass is 10.1. The molecule has 0 aliphatic carbocycles. The van der Waals surface area contributed by atoms with E-state index in [1.165, 1.54) is 0 Å². The third kappa shape index (κ3) is 5.64. The molecule has 3 heterocycles. The van der Waals surface area contributed by atoms with Gasteiger partial charge in [-0.25, -0.2) is 4.98 Å². The Morgan fingerprint density at radius 2 is 2.09 bits per heavy atom. The first-order chi connectivity index (χ1) is 15.4. The Balaban J connectivity index is 0.00000306. The molecule has 4 aromatic rings. The Labute approximate surface area is 206 Å². The third-order valence-electron chi connectivity index (χ3n) is 5.00. The number of aromatic nitrogens is 1. The van der Waals surface area contributed by atoms with Crippen LogP contribution in [0.3, 0.4) is 0 Å². The molecule has 0 bridgehead atoms. The van der Waals surface area contributed by atoms with Crippen molar-refractivity contribution in [3.8, 4) is 6.07 Å². The number of carbonyl (C=O) groups excluding carboxylic acids is 1. The van der Waals surface area contributed by atoms with Gasteiger partial charge in [0.1, 0.15) is 10.9 Å². The monoisotopic (exact) mass is 501 g/mol. The smallest absolute Gasteiger partial charge is 0.241 e. The molecule has 1 amide bonds. The summed E-state index contributed by atoms with van der Waals surface area (Å²) in [6, 6.07) is 13.5. The van der Waals surface area contributed by atoms with E-state index in [1.54, 1.807) is 47.9 Å². The number of pyridine rings is 1. The van der Waals surface area contributed by atoms with E-state index in [0.717, 1.165) is 32.1 Å². The normalized spacial score (nSPS) is 11.5. The predicted molar refractivity (Wildman–Crippen MR) is 134 cm³/mol. The number of hydrogen-bond acceptors (Lipinski definition) is 7. The number of halogens is 2. The van der Waals surface area contributed by atoms with Crippen molar-refractivity contribution >= 4 is 62.8 Å². The van der Waals surface area contributed by atoms with Crippen LogP contribution >= 0.6 is 35.3 Å². The fraction of sp³-hybridized carbons (Fsp3) is 0.174. The van der Waals surface area contributed by atoms with Crippen LogP contribution in [0.4, 0.5) is 11.4 Å². The van der Waals surface area contributed by atoms with Crippen molar-refractivity contribution in [1.29, 1.82) is 5.26 Å². The van der Waals surface area contributed by atoms with Gasteiger partial charge in [-0.1, -0.05) is 11.6 Å². The highest BCUT2D eigenvalue weighted by Gasteiger charge is 2.20. The number of hydrogen-bond donors (Lipinski definition) is 3. The molecule has 0 radical (unpaired) electrons. The summed E-state index contributed by atoms with van der Waals surface area (Å²) in [4.78, 5) is 18.0. The van der Waals surface area contributed by atoms with Crippen LogP contribution < -0.4 is 16.4 Å². The second kappa shape index (κ2) is 10.7. The Kier molecular flexibility index (Phi) is 7.95. The Morgan fingerprint density at radius 1 is 1.33 bits per heavy atom. The van der Waals surface area contributed by atoms with E-state index in [0.29, 0.717) is 29.4 Å². The third-order valence-corrected chi connectivity index (χ3v) is 6.53. The van der Waals surface area contributed by atoms with Gasteiger partial charge < -0.3 is 20.8 Å². The van der Waals surface area contributed by atoms with Crippen LogP contribution in [0.5, 0.6) is 0 Å². The average molecular weight is 502 g/mol. The van der Waals surface area contributed by atoms with Crippen LogP contribution in [0, 0.1) is 18.3 Å². The van der Waals surface area contributed by atoms with Gasteiger partial charge in [0.2, 0.25) is 5.91 Å². The number of amides is 1. The molecular formula is C23H21Cl2N5O2S. The summed E-state index contributed by atoms with van der Waals surface area (Å²) in [6.07, 6.45) is 1.99. The number of nitrogens with two attached hydrogens (primary N) is 1. The number of fused-ring (bicyclic) bond motifs is 1. The van der Waals surface area contributed by atoms with Crippen LogP contribution in [-0.2, 0) is 17.8 Å². The standard InChI is InChI=1S/C23H20ClN5O2S.ClH/c1-13-19(9-17(26)23(30)28-15-6-4-14(11-25)5-7-15)32-22-18(10-20(24)29-21(13)22)27-12-16-3-2-8-31-16;/h2-8,10,17H,9,12,26H2,1H3,(H,27,29)(H,28,30);1H/t17-;/m1./s1. The van der Waals surface area contributed by atoms with Gasteiger partial charge in [0, 0.05) is 23.1 Å². The summed E-state index contributed by atoms with van der Waals surface area (Å²) in [5.41, 5.74) is 9.92. The van der Waals surface area contributed by atoms with Crippen LogP contribution in [0.25, 0.3) is 10.2 Å². The van der Waals surface area contributed by atoms with Crippen molar-refractivity contribution in [1.82, 2.24) is 4.98 Å². The minimum atomic E-state index is -0.743. The Morgan fingerprint density at radius 3 is 2.76 bits per heavy atom. The molecule has 0 saturated heterocycles. The van der Waals surface area contributed by atoms with Crippen LogP contribution in [0.15, 0.2) is 53.1 Å². The molecule has 0 fully saturated rings. The molecule has 1 aromatic carbocycles. The van der Waals surface area contributed by atoms with Crippen molar-refractivity contribution in [2.24, 2.45) is 5.73 Å². The molecule has 4 N–H and O–H groups in total. The lowest BCUT2D eigenvalue weighted by Gasteiger charge is -2.12. The summed E-state index contributed by atoms with van der Waals surface area (Å²) in [6.45, 7) is 2.47. The zero-order chi connectivity index (χ0) is 22.7. The molecule has 3 aromatic heterocycles. The molecular weight excluding hydrogens is 481 g/mol. The summed E-state index contributed by atoms with van der Waals surface area (Å²) in [5.74, 6) is 0.509. The van der Waals surface area contributed by atoms with Gasteiger partial charge >= 0.3 is 0 Å². The van der Waals surface area contributed by atoms with Gasteiger partial charge in [0.05, 0.1) is 46.4 Å². The average Bonchev–Trinajstić information content (AvgIpc) is 3.41. The maximum absolute atomic E-state index is 12.6. The zero-order valence-electron chi connectivity index (χ0n) is 17.6. The molecule has 170 valence electrons. The maximum atomic E-state index is 12.6. The number of benzene rings is 1. The largest absolute Gasteiger partial charge is 0.467 e. The van der Waals surface area contributed by atoms with Crippen molar-refractivity contribution in [2.45, 2.75) is 25.9 Å². The number of thiophene rings is 1. The number of aryl methyl sites for hydroxylation is 1. The van der Waals surface area contributed by atoms with Gasteiger partial charge in [-0.05, 0) is 48.9 Å². The van der Waals surface area contributed by atoms with Gasteiger partial charge in [0.15, 0.2) is 0 Å². The van der Waals surface area contributed by atoms with Gasteiger partial charge in [-0.3, -0.25) is 4.79 Å². The van der Waals surface area contributed by atoms with E-state index in [1.807, 2.05) is 25.1 Å². The van der Waals surface area contributed by atoms with E-state index in [9.17, 15) is 4.79 Å². The quantitative estimate of drug-likeness (QED) is 0.297. The van der Waals surface area contributed by atoms with E-state index in [2.05, 4.69) is 15.6 Å². The molecule has 0 saturated carbocycles. The molecule has 10 heteroatoms. The highest BCUT2D eigenvalue weighted by Crippen LogP contribution is 2.37. The number of nitrogens with zero attached hydrogens (tertiary/aromatic N) is 2. The minimum absolute atomic E-state index is 0. The molecule has 0 aliphatic rings.